The van der Waals surface area contributed by atoms with Gasteiger partial charge in [0.05, 0.1) is 5.69 Å². The molecule has 0 bridgehead atoms. The molecule has 19 heavy (non-hydrogen) atoms. The van der Waals surface area contributed by atoms with Gasteiger partial charge in [-0.05, 0) is 32.1 Å². The monoisotopic (exact) mass is 263 g/mol. The molecule has 1 atom stereocenters. The van der Waals surface area contributed by atoms with Crippen molar-refractivity contribution in [2.24, 2.45) is 0 Å². The molecule has 2 heterocycles. The van der Waals surface area contributed by atoms with Crippen LogP contribution in [0.5, 0.6) is 0 Å². The van der Waals surface area contributed by atoms with E-state index in [1.807, 2.05) is 0 Å². The van der Waals surface area contributed by atoms with Crippen LogP contribution in [0.15, 0.2) is 12.1 Å². The summed E-state index contributed by atoms with van der Waals surface area (Å²) < 4.78 is 0. The van der Waals surface area contributed by atoms with E-state index in [1.54, 1.807) is 0 Å². The summed E-state index contributed by atoms with van der Waals surface area (Å²) in [7, 11) is 2.21. The van der Waals surface area contributed by atoms with Crippen LogP contribution in [0.3, 0.4) is 0 Å². The van der Waals surface area contributed by atoms with Crippen LogP contribution in [-0.2, 0) is 6.54 Å². The summed E-state index contributed by atoms with van der Waals surface area (Å²) in [6.07, 6.45) is 1.18. The Kier molecular flexibility index (Phi) is 5.10. The maximum atomic E-state index is 4.37. The molecule has 1 aliphatic rings. The van der Waals surface area contributed by atoms with Crippen LogP contribution in [0.1, 0.15) is 26.0 Å². The van der Waals surface area contributed by atoms with E-state index in [0.717, 1.165) is 44.2 Å². The third-order valence-corrected chi connectivity index (χ3v) is 3.83. The van der Waals surface area contributed by atoms with Crippen molar-refractivity contribution in [2.45, 2.75) is 32.9 Å². The fourth-order valence-corrected chi connectivity index (χ4v) is 2.46. The number of anilines is 1. The second-order valence-electron chi connectivity index (χ2n) is 5.15. The molecule has 5 nitrogen and oxygen atoms in total. The van der Waals surface area contributed by atoms with Gasteiger partial charge in [-0.15, -0.1) is 5.10 Å². The molecule has 2 rings (SSSR count). The summed E-state index contributed by atoms with van der Waals surface area (Å²) in [6.45, 7) is 9.28. The Labute approximate surface area is 116 Å². The van der Waals surface area contributed by atoms with Crippen LogP contribution in [0.4, 0.5) is 5.82 Å². The zero-order valence-corrected chi connectivity index (χ0v) is 12.3. The normalized spacial score (nSPS) is 20.8. The summed E-state index contributed by atoms with van der Waals surface area (Å²) in [5.74, 6) is 1.01. The fourth-order valence-electron chi connectivity index (χ4n) is 2.46. The first kappa shape index (κ1) is 14.2. The van der Waals surface area contributed by atoms with Gasteiger partial charge in [-0.3, -0.25) is 4.90 Å². The van der Waals surface area contributed by atoms with Gasteiger partial charge < -0.3 is 10.2 Å². The first-order chi connectivity index (χ1) is 9.24. The van der Waals surface area contributed by atoms with Crippen molar-refractivity contribution < 1.29 is 0 Å². The molecule has 5 heteroatoms. The average Bonchev–Trinajstić information content (AvgIpc) is 2.46. The van der Waals surface area contributed by atoms with Crippen molar-refractivity contribution in [3.63, 3.8) is 0 Å². The van der Waals surface area contributed by atoms with Gasteiger partial charge in [0, 0.05) is 32.2 Å². The molecule has 1 fully saturated rings. The van der Waals surface area contributed by atoms with Crippen LogP contribution in [0.25, 0.3) is 0 Å². The molecule has 0 saturated carbocycles. The lowest BCUT2D eigenvalue weighted by atomic mass is 10.1. The van der Waals surface area contributed by atoms with Gasteiger partial charge >= 0.3 is 0 Å². The predicted octanol–water partition coefficient (Wildman–Crippen LogP) is 1.12. The first-order valence-corrected chi connectivity index (χ1v) is 7.23. The summed E-state index contributed by atoms with van der Waals surface area (Å²) in [4.78, 5) is 4.78. The highest BCUT2D eigenvalue weighted by molar-refractivity contribution is 5.38. The van der Waals surface area contributed by atoms with Crippen molar-refractivity contribution >= 4 is 5.82 Å². The van der Waals surface area contributed by atoms with Crippen LogP contribution < -0.4 is 10.2 Å². The highest BCUT2D eigenvalue weighted by Crippen LogP contribution is 2.17. The van der Waals surface area contributed by atoms with Crippen LogP contribution in [-0.4, -0.2) is 54.4 Å². The molecule has 0 spiro atoms. The Morgan fingerprint density at radius 1 is 1.26 bits per heavy atom. The molecule has 1 aliphatic heterocycles. The SMILES string of the molecule is CCNCc1ccc(N2CCN(C)C(CC)C2)nn1. The standard InChI is InChI=1S/C14H25N5/c1-4-13-11-19(9-8-18(13)3)14-7-6-12(16-17-14)10-15-5-2/h6-7,13,15H,4-5,8-11H2,1-3H3. The van der Waals surface area contributed by atoms with Crippen LogP contribution in [0, 0.1) is 0 Å². The van der Waals surface area contributed by atoms with E-state index < -0.39 is 0 Å². The fraction of sp³-hybridized carbons (Fsp3) is 0.714. The molecule has 1 aromatic rings. The molecule has 0 aromatic carbocycles. The summed E-state index contributed by atoms with van der Waals surface area (Å²) in [5.41, 5.74) is 1.01. The molecular formula is C14H25N5. The topological polar surface area (TPSA) is 44.3 Å². The van der Waals surface area contributed by atoms with Crippen LogP contribution in [0.2, 0.25) is 0 Å². The Bertz CT molecular complexity index is 378. The van der Waals surface area contributed by atoms with Gasteiger partial charge in [-0.25, -0.2) is 0 Å². The van der Waals surface area contributed by atoms with E-state index in [0.29, 0.717) is 6.04 Å². The van der Waals surface area contributed by atoms with Crippen LogP contribution >= 0.6 is 0 Å². The number of nitrogens with one attached hydrogen (secondary N) is 1. The lowest BCUT2D eigenvalue weighted by Gasteiger charge is -2.39. The van der Waals surface area contributed by atoms with E-state index in [2.05, 4.69) is 58.3 Å². The van der Waals surface area contributed by atoms with E-state index in [-0.39, 0.29) is 0 Å². The molecule has 1 unspecified atom stereocenters. The Hall–Kier alpha value is -1.20. The lowest BCUT2D eigenvalue weighted by Crippen LogP contribution is -2.51. The Balaban J connectivity index is 1.98. The number of piperazine rings is 1. The van der Waals surface area contributed by atoms with Gasteiger partial charge in [0.25, 0.3) is 0 Å². The highest BCUT2D eigenvalue weighted by Gasteiger charge is 2.23. The van der Waals surface area contributed by atoms with Gasteiger partial charge in [0.15, 0.2) is 5.82 Å². The maximum Gasteiger partial charge on any atom is 0.151 e. The average molecular weight is 263 g/mol. The maximum absolute atomic E-state index is 4.37. The number of rotatable bonds is 5. The molecule has 1 N–H and O–H groups in total. The second kappa shape index (κ2) is 6.82. The van der Waals surface area contributed by atoms with Gasteiger partial charge in [-0.1, -0.05) is 13.8 Å². The number of nitrogens with zero attached hydrogens (tertiary/aromatic N) is 4. The number of aromatic nitrogens is 2. The van der Waals surface area contributed by atoms with Gasteiger partial charge in [-0.2, -0.15) is 5.10 Å². The van der Waals surface area contributed by atoms with E-state index in [9.17, 15) is 0 Å². The number of hydrogen-bond acceptors (Lipinski definition) is 5. The summed E-state index contributed by atoms with van der Waals surface area (Å²) in [5, 5.41) is 11.9. The Morgan fingerprint density at radius 2 is 2.11 bits per heavy atom. The molecule has 106 valence electrons. The van der Waals surface area contributed by atoms with Gasteiger partial charge in [0.2, 0.25) is 0 Å². The molecule has 0 radical (unpaired) electrons. The van der Waals surface area contributed by atoms with Crippen molar-refractivity contribution in [1.82, 2.24) is 20.4 Å². The van der Waals surface area contributed by atoms with Crippen molar-refractivity contribution in [1.29, 1.82) is 0 Å². The van der Waals surface area contributed by atoms with E-state index in [4.69, 9.17) is 0 Å². The van der Waals surface area contributed by atoms with Crippen molar-refractivity contribution in [3.8, 4) is 0 Å². The molecule has 1 saturated heterocycles. The highest BCUT2D eigenvalue weighted by atomic mass is 15.3. The Morgan fingerprint density at radius 3 is 2.74 bits per heavy atom. The summed E-state index contributed by atoms with van der Waals surface area (Å²) in [6, 6.07) is 4.79. The van der Waals surface area contributed by atoms with Crippen molar-refractivity contribution in [2.75, 3.05) is 38.1 Å². The zero-order chi connectivity index (χ0) is 13.7. The molecular weight excluding hydrogens is 238 g/mol. The third-order valence-electron chi connectivity index (χ3n) is 3.83. The number of hydrogen-bond donors (Lipinski definition) is 1. The largest absolute Gasteiger partial charge is 0.352 e. The zero-order valence-electron chi connectivity index (χ0n) is 12.3. The minimum absolute atomic E-state index is 0.622. The number of likely N-dealkylation sites (N-methyl/N-ethyl adjacent to an activating group) is 1. The third kappa shape index (κ3) is 3.64. The van der Waals surface area contributed by atoms with Crippen molar-refractivity contribution in [3.05, 3.63) is 17.8 Å². The first-order valence-electron chi connectivity index (χ1n) is 7.23. The quantitative estimate of drug-likeness (QED) is 0.862. The second-order valence-corrected chi connectivity index (χ2v) is 5.15. The minimum Gasteiger partial charge on any atom is -0.352 e. The van der Waals surface area contributed by atoms with Gasteiger partial charge in [0.1, 0.15) is 0 Å². The predicted molar refractivity (Wildman–Crippen MR) is 78.3 cm³/mol. The molecule has 0 amide bonds. The minimum atomic E-state index is 0.622. The van der Waals surface area contributed by atoms with E-state index in [1.165, 1.54) is 6.42 Å². The molecule has 0 aliphatic carbocycles. The summed E-state index contributed by atoms with van der Waals surface area (Å²) >= 11 is 0. The van der Waals surface area contributed by atoms with E-state index >= 15 is 0 Å². The smallest absolute Gasteiger partial charge is 0.151 e. The lowest BCUT2D eigenvalue weighted by molar-refractivity contribution is 0.212. The molecule has 1 aromatic heterocycles.